The molecule has 0 saturated carbocycles. The highest BCUT2D eigenvalue weighted by Gasteiger charge is 2.25. The second-order valence-electron chi connectivity index (χ2n) is 5.01. The van der Waals surface area contributed by atoms with Crippen molar-refractivity contribution in [3.8, 4) is 0 Å². The van der Waals surface area contributed by atoms with Gasteiger partial charge in [0.15, 0.2) is 9.84 Å². The third-order valence-corrected chi connectivity index (χ3v) is 7.09. The maximum absolute atomic E-state index is 12.4. The monoisotopic (exact) mass is 350 g/mol. The second kappa shape index (κ2) is 6.15. The summed E-state index contributed by atoms with van der Waals surface area (Å²) in [6.45, 7) is 0. The van der Waals surface area contributed by atoms with Crippen LogP contribution in [0.5, 0.6) is 0 Å². The van der Waals surface area contributed by atoms with E-state index in [1.54, 1.807) is 11.8 Å². The molecule has 21 heavy (non-hydrogen) atoms. The maximum atomic E-state index is 12.4. The number of anilines is 1. The summed E-state index contributed by atoms with van der Waals surface area (Å²) in [5.41, 5.74) is 5.74. The van der Waals surface area contributed by atoms with Gasteiger partial charge in [0.2, 0.25) is 10.0 Å². The number of benzene rings is 1. The smallest absolute Gasteiger partial charge is 0.242 e. The number of nitrogen functional groups attached to an aromatic ring is 1. The first-order valence-corrected chi connectivity index (χ1v) is 10.9. The van der Waals surface area contributed by atoms with E-state index in [2.05, 4.69) is 4.72 Å². The van der Waals surface area contributed by atoms with Crippen molar-refractivity contribution in [2.75, 3.05) is 23.5 Å². The molecular weight excluding hydrogens is 332 g/mol. The van der Waals surface area contributed by atoms with E-state index in [4.69, 9.17) is 5.73 Å². The molecule has 0 radical (unpaired) electrons. The van der Waals surface area contributed by atoms with Crippen molar-refractivity contribution in [3.63, 3.8) is 0 Å². The minimum atomic E-state index is -3.83. The molecule has 1 aliphatic heterocycles. The van der Waals surface area contributed by atoms with Crippen LogP contribution in [0.4, 0.5) is 5.69 Å². The third-order valence-electron chi connectivity index (χ3n) is 3.18. The Hall–Kier alpha value is -0.770. The molecule has 9 heteroatoms. The van der Waals surface area contributed by atoms with Crippen molar-refractivity contribution in [2.45, 2.75) is 28.7 Å². The van der Waals surface area contributed by atoms with Crippen LogP contribution in [0.25, 0.3) is 0 Å². The van der Waals surface area contributed by atoms with Gasteiger partial charge in [0.05, 0.1) is 10.6 Å². The molecule has 1 aromatic rings. The van der Waals surface area contributed by atoms with Crippen LogP contribution in [0.15, 0.2) is 28.0 Å². The summed E-state index contributed by atoms with van der Waals surface area (Å²) >= 11 is 1.70. The Kier molecular flexibility index (Phi) is 4.86. The summed E-state index contributed by atoms with van der Waals surface area (Å²) in [7, 11) is -7.31. The fraction of sp³-hybridized carbons (Fsp3) is 0.500. The van der Waals surface area contributed by atoms with E-state index >= 15 is 0 Å². The fourth-order valence-electron chi connectivity index (χ4n) is 2.09. The van der Waals surface area contributed by atoms with Gasteiger partial charge in [-0.15, -0.1) is 0 Å². The lowest BCUT2D eigenvalue weighted by atomic mass is 10.2. The Morgan fingerprint density at radius 2 is 2.00 bits per heavy atom. The predicted octanol–water partition coefficient (Wildman–Crippen LogP) is 0.846. The number of sulfonamides is 1. The standard InChI is InChI=1S/C12H18N2O4S3/c1-20(15,16)10-4-5-11(13)12(7-10)21(17,18)14-9-3-2-6-19-8-9/h4-5,7,9,14H,2-3,6,8,13H2,1H3. The van der Waals surface area contributed by atoms with Gasteiger partial charge in [0, 0.05) is 18.1 Å². The number of hydrogen-bond acceptors (Lipinski definition) is 6. The van der Waals surface area contributed by atoms with Crippen molar-refractivity contribution in [1.82, 2.24) is 4.72 Å². The number of nitrogens with two attached hydrogens (primary N) is 1. The number of nitrogens with one attached hydrogen (secondary N) is 1. The Morgan fingerprint density at radius 3 is 2.57 bits per heavy atom. The Morgan fingerprint density at radius 1 is 1.29 bits per heavy atom. The first kappa shape index (κ1) is 16.6. The number of sulfone groups is 1. The van der Waals surface area contributed by atoms with Crippen LogP contribution in [-0.2, 0) is 19.9 Å². The van der Waals surface area contributed by atoms with Crippen LogP contribution in [0.2, 0.25) is 0 Å². The largest absolute Gasteiger partial charge is 0.398 e. The van der Waals surface area contributed by atoms with Gasteiger partial charge >= 0.3 is 0 Å². The Labute approximate surface area is 129 Å². The van der Waals surface area contributed by atoms with Crippen LogP contribution in [0.1, 0.15) is 12.8 Å². The minimum Gasteiger partial charge on any atom is -0.398 e. The lowest BCUT2D eigenvalue weighted by Crippen LogP contribution is -2.38. The second-order valence-corrected chi connectivity index (χ2v) is 9.86. The van der Waals surface area contributed by atoms with Crippen molar-refractivity contribution >= 4 is 37.3 Å². The molecule has 3 N–H and O–H groups in total. The highest BCUT2D eigenvalue weighted by atomic mass is 32.2. The zero-order chi connectivity index (χ0) is 15.7. The summed E-state index contributed by atoms with van der Waals surface area (Å²) in [6.07, 6.45) is 2.76. The van der Waals surface area contributed by atoms with Crippen molar-refractivity contribution in [1.29, 1.82) is 0 Å². The van der Waals surface area contributed by atoms with E-state index in [0.717, 1.165) is 30.9 Å². The van der Waals surface area contributed by atoms with Gasteiger partial charge in [-0.25, -0.2) is 21.6 Å². The molecule has 0 aromatic heterocycles. The summed E-state index contributed by atoms with van der Waals surface area (Å²) in [5, 5.41) is 0. The SMILES string of the molecule is CS(=O)(=O)c1ccc(N)c(S(=O)(=O)NC2CCCSC2)c1. The molecule has 1 aliphatic rings. The molecule has 1 aromatic carbocycles. The molecule has 1 saturated heterocycles. The van der Waals surface area contributed by atoms with Gasteiger partial charge in [-0.2, -0.15) is 11.8 Å². The zero-order valence-corrected chi connectivity index (χ0v) is 14.0. The molecule has 0 amide bonds. The van der Waals surface area contributed by atoms with Crippen molar-refractivity contribution < 1.29 is 16.8 Å². The van der Waals surface area contributed by atoms with Gasteiger partial charge in [0.1, 0.15) is 4.90 Å². The molecule has 1 fully saturated rings. The summed E-state index contributed by atoms with van der Waals surface area (Å²) in [5.74, 6) is 1.74. The molecule has 1 unspecified atom stereocenters. The highest BCUT2D eigenvalue weighted by Crippen LogP contribution is 2.24. The molecule has 2 rings (SSSR count). The van der Waals surface area contributed by atoms with Crippen LogP contribution in [0, 0.1) is 0 Å². The average molecular weight is 350 g/mol. The van der Waals surface area contributed by atoms with Gasteiger partial charge in [0.25, 0.3) is 0 Å². The molecular formula is C12H18N2O4S3. The molecule has 6 nitrogen and oxygen atoms in total. The van der Waals surface area contributed by atoms with Crippen molar-refractivity contribution in [3.05, 3.63) is 18.2 Å². The molecule has 0 aliphatic carbocycles. The van der Waals surface area contributed by atoms with E-state index in [0.29, 0.717) is 5.75 Å². The molecule has 118 valence electrons. The van der Waals surface area contributed by atoms with Gasteiger partial charge < -0.3 is 5.73 Å². The van der Waals surface area contributed by atoms with Crippen LogP contribution in [0.3, 0.4) is 0 Å². The van der Waals surface area contributed by atoms with E-state index < -0.39 is 19.9 Å². The lowest BCUT2D eigenvalue weighted by molar-refractivity contribution is 0.543. The lowest BCUT2D eigenvalue weighted by Gasteiger charge is -2.22. The van der Waals surface area contributed by atoms with E-state index in [1.807, 2.05) is 0 Å². The molecule has 0 spiro atoms. The third kappa shape index (κ3) is 4.12. The van der Waals surface area contributed by atoms with Crippen LogP contribution >= 0.6 is 11.8 Å². The summed E-state index contributed by atoms with van der Waals surface area (Å²) in [4.78, 5) is -0.240. The zero-order valence-electron chi connectivity index (χ0n) is 11.6. The Balaban J connectivity index is 2.34. The summed E-state index contributed by atoms with van der Waals surface area (Å²) < 4.78 is 50.5. The van der Waals surface area contributed by atoms with Gasteiger partial charge in [-0.3, -0.25) is 0 Å². The molecule has 1 heterocycles. The number of thioether (sulfide) groups is 1. The highest BCUT2D eigenvalue weighted by molar-refractivity contribution is 7.99. The maximum Gasteiger partial charge on any atom is 0.242 e. The van der Waals surface area contributed by atoms with E-state index in [9.17, 15) is 16.8 Å². The van der Waals surface area contributed by atoms with E-state index in [1.165, 1.54) is 12.1 Å². The van der Waals surface area contributed by atoms with Crippen LogP contribution < -0.4 is 10.5 Å². The average Bonchev–Trinajstić information content (AvgIpc) is 2.38. The quantitative estimate of drug-likeness (QED) is 0.780. The fourth-order valence-corrected chi connectivity index (χ4v) is 5.42. The summed E-state index contributed by atoms with van der Waals surface area (Å²) in [6, 6.07) is 3.58. The van der Waals surface area contributed by atoms with Crippen LogP contribution in [-0.4, -0.2) is 40.6 Å². The minimum absolute atomic E-state index is 0.0402. The number of hydrogen-bond donors (Lipinski definition) is 2. The van der Waals surface area contributed by atoms with Gasteiger partial charge in [-0.1, -0.05) is 0 Å². The normalized spacial score (nSPS) is 20.3. The van der Waals surface area contributed by atoms with Crippen molar-refractivity contribution in [2.24, 2.45) is 0 Å². The van der Waals surface area contributed by atoms with E-state index in [-0.39, 0.29) is 21.5 Å². The molecule has 1 atom stereocenters. The molecule has 0 bridgehead atoms. The van der Waals surface area contributed by atoms with Gasteiger partial charge in [-0.05, 0) is 36.8 Å². The Bertz CT molecular complexity index is 723. The predicted molar refractivity (Wildman–Crippen MR) is 84.6 cm³/mol. The number of rotatable bonds is 4. The first-order chi connectivity index (χ1) is 9.70. The topological polar surface area (TPSA) is 106 Å². The first-order valence-electron chi connectivity index (χ1n) is 6.40.